The second-order valence-corrected chi connectivity index (χ2v) is 6.13. The van der Waals surface area contributed by atoms with Gasteiger partial charge in [0.05, 0.1) is 12.2 Å². The van der Waals surface area contributed by atoms with Crippen molar-refractivity contribution in [2.45, 2.75) is 0 Å². The monoisotopic (exact) mass is 398 g/mol. The molecular weight excluding hydrogens is 382 g/mol. The summed E-state index contributed by atoms with van der Waals surface area (Å²) in [6, 6.07) is 10.5. The maximum Gasteiger partial charge on any atom is 0.238 e. The average molecular weight is 399 g/mol. The molecule has 0 radical (unpaired) electrons. The van der Waals surface area contributed by atoms with Crippen LogP contribution in [0.15, 0.2) is 46.9 Å². The number of rotatable bonds is 7. The van der Waals surface area contributed by atoms with Crippen LogP contribution in [0.5, 0.6) is 5.75 Å². The van der Waals surface area contributed by atoms with Crippen LogP contribution in [0.25, 0.3) is 0 Å². The third-order valence-corrected chi connectivity index (χ3v) is 3.70. The molecule has 0 atom stereocenters. The molecule has 0 aliphatic carbocycles. The number of hydrogen-bond donors (Lipinski definition) is 1. The molecule has 0 aromatic heterocycles. The Labute approximate surface area is 147 Å². The molecule has 2 aromatic rings. The Morgan fingerprint density at radius 2 is 1.92 bits per heavy atom. The Bertz CT molecular complexity index is 695. The number of nitrogens with zero attached hydrogens (tertiary/aromatic N) is 1. The van der Waals surface area contributed by atoms with Crippen LogP contribution in [-0.4, -0.2) is 37.6 Å². The topological polar surface area (TPSA) is 41.6 Å². The number of anilines is 1. The number of carbonyl (C=O) groups excluding carboxylic acids is 1. The summed E-state index contributed by atoms with van der Waals surface area (Å²) < 4.78 is 32.8. The molecule has 4 nitrogen and oxygen atoms in total. The average Bonchev–Trinajstić information content (AvgIpc) is 2.52. The highest BCUT2D eigenvalue weighted by molar-refractivity contribution is 9.10. The van der Waals surface area contributed by atoms with Gasteiger partial charge >= 0.3 is 0 Å². The van der Waals surface area contributed by atoms with E-state index in [4.69, 9.17) is 4.74 Å². The SMILES string of the molecule is CN(CCOc1ccc(Br)cc1)CC(=O)Nc1ccc(F)cc1F. The smallest absolute Gasteiger partial charge is 0.238 e. The van der Waals surface area contributed by atoms with E-state index in [-0.39, 0.29) is 18.1 Å². The van der Waals surface area contributed by atoms with Gasteiger partial charge in [0.25, 0.3) is 0 Å². The lowest BCUT2D eigenvalue weighted by Crippen LogP contribution is -2.33. The number of halogens is 3. The molecule has 0 heterocycles. The lowest BCUT2D eigenvalue weighted by molar-refractivity contribution is -0.117. The molecule has 7 heteroatoms. The first-order valence-electron chi connectivity index (χ1n) is 7.26. The van der Waals surface area contributed by atoms with E-state index in [9.17, 15) is 13.6 Å². The predicted molar refractivity (Wildman–Crippen MR) is 92.1 cm³/mol. The minimum Gasteiger partial charge on any atom is -0.492 e. The Hall–Kier alpha value is -1.99. The molecule has 2 rings (SSSR count). The Balaban J connectivity index is 1.74. The van der Waals surface area contributed by atoms with Crippen LogP contribution < -0.4 is 10.1 Å². The van der Waals surface area contributed by atoms with E-state index in [1.165, 1.54) is 6.07 Å². The quantitative estimate of drug-likeness (QED) is 0.773. The fraction of sp³-hybridized carbons (Fsp3) is 0.235. The van der Waals surface area contributed by atoms with Gasteiger partial charge in [0.15, 0.2) is 0 Å². The second-order valence-electron chi connectivity index (χ2n) is 5.21. The number of ether oxygens (including phenoxy) is 1. The van der Waals surface area contributed by atoms with E-state index in [1.807, 2.05) is 24.3 Å². The van der Waals surface area contributed by atoms with Crippen molar-refractivity contribution >= 4 is 27.5 Å². The molecule has 0 aliphatic rings. The van der Waals surface area contributed by atoms with Crippen LogP contribution >= 0.6 is 15.9 Å². The summed E-state index contributed by atoms with van der Waals surface area (Å²) in [5, 5.41) is 2.41. The summed E-state index contributed by atoms with van der Waals surface area (Å²) >= 11 is 3.34. The Morgan fingerprint density at radius 3 is 2.58 bits per heavy atom. The minimum atomic E-state index is -0.801. The van der Waals surface area contributed by atoms with Crippen molar-refractivity contribution in [2.24, 2.45) is 0 Å². The van der Waals surface area contributed by atoms with E-state index in [2.05, 4.69) is 21.2 Å². The van der Waals surface area contributed by atoms with Gasteiger partial charge in [-0.1, -0.05) is 15.9 Å². The molecule has 0 bridgehead atoms. The Morgan fingerprint density at radius 1 is 1.21 bits per heavy atom. The third-order valence-electron chi connectivity index (χ3n) is 3.17. The first-order chi connectivity index (χ1) is 11.4. The number of nitrogens with one attached hydrogen (secondary N) is 1. The standard InChI is InChI=1S/C17H17BrF2N2O2/c1-22(8-9-24-14-5-2-12(18)3-6-14)11-17(23)21-16-7-4-13(19)10-15(16)20/h2-7,10H,8-9,11H2,1H3,(H,21,23). The summed E-state index contributed by atoms with van der Waals surface area (Å²) in [7, 11) is 1.76. The zero-order chi connectivity index (χ0) is 17.5. The Kier molecular flexibility index (Phi) is 6.69. The van der Waals surface area contributed by atoms with Crippen LogP contribution in [0, 0.1) is 11.6 Å². The van der Waals surface area contributed by atoms with Gasteiger partial charge in [0.1, 0.15) is 24.0 Å². The van der Waals surface area contributed by atoms with Crippen molar-refractivity contribution < 1.29 is 18.3 Å². The zero-order valence-electron chi connectivity index (χ0n) is 13.1. The normalized spacial score (nSPS) is 10.7. The summed E-state index contributed by atoms with van der Waals surface area (Å²) in [5.74, 6) is -1.13. The van der Waals surface area contributed by atoms with Crippen molar-refractivity contribution in [2.75, 3.05) is 32.1 Å². The highest BCUT2D eigenvalue weighted by atomic mass is 79.9. The van der Waals surface area contributed by atoms with Crippen LogP contribution in [-0.2, 0) is 4.79 Å². The number of benzene rings is 2. The third kappa shape index (κ3) is 5.90. The molecule has 0 fully saturated rings. The molecule has 24 heavy (non-hydrogen) atoms. The lowest BCUT2D eigenvalue weighted by atomic mass is 10.3. The van der Waals surface area contributed by atoms with Crippen LogP contribution in [0.3, 0.4) is 0 Å². The highest BCUT2D eigenvalue weighted by Gasteiger charge is 2.10. The van der Waals surface area contributed by atoms with Gasteiger partial charge in [0.2, 0.25) is 5.91 Å². The molecule has 0 saturated heterocycles. The van der Waals surface area contributed by atoms with E-state index in [0.29, 0.717) is 13.2 Å². The van der Waals surface area contributed by atoms with Gasteiger partial charge < -0.3 is 10.1 Å². The molecule has 0 aliphatic heterocycles. The van der Waals surface area contributed by atoms with Gasteiger partial charge in [-0.15, -0.1) is 0 Å². The number of likely N-dealkylation sites (N-methyl/N-ethyl adjacent to an activating group) is 1. The molecule has 1 amide bonds. The number of hydrogen-bond acceptors (Lipinski definition) is 3. The van der Waals surface area contributed by atoms with E-state index < -0.39 is 11.6 Å². The minimum absolute atomic E-state index is 0.0408. The number of amides is 1. The second kappa shape index (κ2) is 8.75. The maximum atomic E-state index is 13.5. The molecule has 1 N–H and O–H groups in total. The van der Waals surface area contributed by atoms with E-state index in [0.717, 1.165) is 22.4 Å². The fourth-order valence-corrected chi connectivity index (χ4v) is 2.22. The van der Waals surface area contributed by atoms with Crippen molar-refractivity contribution in [1.82, 2.24) is 4.90 Å². The van der Waals surface area contributed by atoms with Gasteiger partial charge in [-0.05, 0) is 43.4 Å². The molecule has 2 aromatic carbocycles. The molecule has 0 unspecified atom stereocenters. The van der Waals surface area contributed by atoms with Gasteiger partial charge in [-0.3, -0.25) is 9.69 Å². The molecule has 0 saturated carbocycles. The van der Waals surface area contributed by atoms with Crippen molar-refractivity contribution in [3.63, 3.8) is 0 Å². The first kappa shape index (κ1) is 18.4. The van der Waals surface area contributed by atoms with Crippen LogP contribution in [0.2, 0.25) is 0 Å². The van der Waals surface area contributed by atoms with Crippen LogP contribution in [0.4, 0.5) is 14.5 Å². The summed E-state index contributed by atoms with van der Waals surface area (Å²) in [4.78, 5) is 13.6. The maximum absolute atomic E-state index is 13.5. The van der Waals surface area contributed by atoms with Gasteiger partial charge in [-0.25, -0.2) is 8.78 Å². The van der Waals surface area contributed by atoms with Crippen LogP contribution in [0.1, 0.15) is 0 Å². The highest BCUT2D eigenvalue weighted by Crippen LogP contribution is 2.16. The fourth-order valence-electron chi connectivity index (χ4n) is 1.95. The summed E-state index contributed by atoms with van der Waals surface area (Å²) in [6.07, 6.45) is 0. The zero-order valence-corrected chi connectivity index (χ0v) is 14.6. The molecule has 128 valence electrons. The number of carbonyl (C=O) groups is 1. The van der Waals surface area contributed by atoms with Gasteiger partial charge in [-0.2, -0.15) is 0 Å². The van der Waals surface area contributed by atoms with Crippen molar-refractivity contribution in [1.29, 1.82) is 0 Å². The van der Waals surface area contributed by atoms with E-state index in [1.54, 1.807) is 11.9 Å². The predicted octanol–water partition coefficient (Wildman–Crippen LogP) is 3.68. The van der Waals surface area contributed by atoms with Crippen molar-refractivity contribution in [3.05, 3.63) is 58.6 Å². The van der Waals surface area contributed by atoms with Crippen molar-refractivity contribution in [3.8, 4) is 5.75 Å². The van der Waals surface area contributed by atoms with Gasteiger partial charge in [0, 0.05) is 17.1 Å². The first-order valence-corrected chi connectivity index (χ1v) is 8.05. The molecule has 0 spiro atoms. The molecular formula is C17H17BrF2N2O2. The summed E-state index contributed by atoms with van der Waals surface area (Å²) in [6.45, 7) is 1.01. The largest absolute Gasteiger partial charge is 0.492 e. The van der Waals surface area contributed by atoms with E-state index >= 15 is 0 Å². The lowest BCUT2D eigenvalue weighted by Gasteiger charge is -2.17. The summed E-state index contributed by atoms with van der Waals surface area (Å²) in [5.41, 5.74) is -0.0408.